The normalized spacial score (nSPS) is 27.0. The minimum Gasteiger partial charge on any atom is -0.490 e. The molecule has 2 bridgehead atoms. The van der Waals surface area contributed by atoms with Crippen LogP contribution in [-0.4, -0.2) is 34.8 Å². The molecule has 2 saturated heterocycles. The van der Waals surface area contributed by atoms with Gasteiger partial charge in [-0.05, 0) is 58.2 Å². The summed E-state index contributed by atoms with van der Waals surface area (Å²) in [5, 5.41) is 0. The molecule has 0 N–H and O–H groups in total. The van der Waals surface area contributed by atoms with E-state index in [1.807, 2.05) is 37.8 Å². The molecule has 0 unspecified atom stereocenters. The van der Waals surface area contributed by atoms with Crippen LogP contribution in [0.5, 0.6) is 5.75 Å². The highest BCUT2D eigenvalue weighted by Gasteiger charge is 2.45. The van der Waals surface area contributed by atoms with Gasteiger partial charge in [-0.2, -0.15) is 0 Å². The number of amides is 1. The monoisotopic (exact) mass is 317 g/mol. The smallest absolute Gasteiger partial charge is 0.410 e. The van der Waals surface area contributed by atoms with Crippen LogP contribution in [0.15, 0.2) is 24.3 Å². The van der Waals surface area contributed by atoms with Crippen molar-refractivity contribution in [1.29, 1.82) is 0 Å². The number of fused-ring (bicyclic) bond motifs is 2. The van der Waals surface area contributed by atoms with Crippen molar-refractivity contribution in [2.24, 2.45) is 0 Å². The molecule has 2 fully saturated rings. The topological polar surface area (TPSA) is 38.8 Å². The molecule has 0 aromatic heterocycles. The quantitative estimate of drug-likeness (QED) is 0.816. The van der Waals surface area contributed by atoms with E-state index in [9.17, 15) is 4.79 Å². The highest BCUT2D eigenvalue weighted by Crippen LogP contribution is 2.38. The number of piperidine rings is 1. The van der Waals surface area contributed by atoms with E-state index in [2.05, 4.69) is 19.1 Å². The molecular formula is C19H27NO3. The lowest BCUT2D eigenvalue weighted by molar-refractivity contribution is -0.00707. The lowest BCUT2D eigenvalue weighted by Gasteiger charge is -2.39. The Balaban J connectivity index is 1.64. The molecule has 23 heavy (non-hydrogen) atoms. The molecule has 3 rings (SSSR count). The molecule has 126 valence electrons. The second-order valence-electron chi connectivity index (χ2n) is 7.80. The Kier molecular flexibility index (Phi) is 4.26. The van der Waals surface area contributed by atoms with Crippen molar-refractivity contribution >= 4 is 6.09 Å². The van der Waals surface area contributed by atoms with Gasteiger partial charge in [0.25, 0.3) is 0 Å². The molecule has 0 spiro atoms. The van der Waals surface area contributed by atoms with Gasteiger partial charge in [0.2, 0.25) is 0 Å². The Morgan fingerprint density at radius 1 is 1.17 bits per heavy atom. The van der Waals surface area contributed by atoms with Crippen molar-refractivity contribution < 1.29 is 14.3 Å². The summed E-state index contributed by atoms with van der Waals surface area (Å²) in [5.41, 5.74) is 0.766. The lowest BCUT2D eigenvalue weighted by Crippen LogP contribution is -2.50. The fourth-order valence-corrected chi connectivity index (χ4v) is 3.72. The van der Waals surface area contributed by atoms with E-state index < -0.39 is 5.60 Å². The molecule has 0 radical (unpaired) electrons. The van der Waals surface area contributed by atoms with Gasteiger partial charge >= 0.3 is 6.09 Å². The van der Waals surface area contributed by atoms with E-state index in [1.165, 1.54) is 5.56 Å². The molecule has 0 aliphatic carbocycles. The number of benzene rings is 1. The summed E-state index contributed by atoms with van der Waals surface area (Å²) in [6.07, 6.45) is 3.91. The van der Waals surface area contributed by atoms with Gasteiger partial charge in [-0.1, -0.05) is 12.1 Å². The van der Waals surface area contributed by atoms with Crippen LogP contribution in [0.3, 0.4) is 0 Å². The van der Waals surface area contributed by atoms with Crippen molar-refractivity contribution in [3.63, 3.8) is 0 Å². The van der Waals surface area contributed by atoms with Crippen LogP contribution >= 0.6 is 0 Å². The van der Waals surface area contributed by atoms with Crippen LogP contribution in [-0.2, 0) is 4.74 Å². The minimum absolute atomic E-state index is 0.168. The molecular weight excluding hydrogens is 290 g/mol. The van der Waals surface area contributed by atoms with E-state index >= 15 is 0 Å². The maximum atomic E-state index is 12.4. The Morgan fingerprint density at radius 2 is 1.83 bits per heavy atom. The number of aryl methyl sites for hydroxylation is 1. The molecule has 2 aliphatic heterocycles. The largest absolute Gasteiger partial charge is 0.490 e. The first kappa shape index (κ1) is 16.2. The molecule has 1 amide bonds. The summed E-state index contributed by atoms with van der Waals surface area (Å²) < 4.78 is 11.7. The van der Waals surface area contributed by atoms with Crippen LogP contribution in [0.4, 0.5) is 4.79 Å². The number of rotatable bonds is 2. The van der Waals surface area contributed by atoms with Gasteiger partial charge in [-0.25, -0.2) is 4.79 Å². The van der Waals surface area contributed by atoms with E-state index in [0.717, 1.165) is 31.4 Å². The zero-order valence-corrected chi connectivity index (χ0v) is 14.5. The second-order valence-corrected chi connectivity index (χ2v) is 7.80. The highest BCUT2D eigenvalue weighted by atomic mass is 16.6. The third-order valence-electron chi connectivity index (χ3n) is 4.59. The zero-order chi connectivity index (χ0) is 16.6. The van der Waals surface area contributed by atoms with Crippen LogP contribution in [0, 0.1) is 6.92 Å². The predicted octanol–water partition coefficient (Wildman–Crippen LogP) is 4.30. The standard InChI is InChI=1S/C19H27NO3/c1-13-6-5-7-16(10-13)22-17-11-14-8-9-15(12-17)20(14)18(21)23-19(2,3)4/h5-7,10,14-15,17H,8-9,11-12H2,1-4H3/t14-,15+,17-. The number of hydrogen-bond acceptors (Lipinski definition) is 3. The first-order chi connectivity index (χ1) is 10.8. The van der Waals surface area contributed by atoms with E-state index in [-0.39, 0.29) is 24.3 Å². The van der Waals surface area contributed by atoms with Crippen LogP contribution in [0.2, 0.25) is 0 Å². The van der Waals surface area contributed by atoms with E-state index in [0.29, 0.717) is 0 Å². The van der Waals surface area contributed by atoms with Gasteiger partial charge < -0.3 is 14.4 Å². The van der Waals surface area contributed by atoms with Crippen LogP contribution in [0.25, 0.3) is 0 Å². The number of carbonyl (C=O) groups is 1. The third-order valence-corrected chi connectivity index (χ3v) is 4.59. The van der Waals surface area contributed by atoms with Gasteiger partial charge in [0.05, 0.1) is 0 Å². The summed E-state index contributed by atoms with van der Waals surface area (Å²) in [6.45, 7) is 7.82. The molecule has 3 atom stereocenters. The highest BCUT2D eigenvalue weighted by molar-refractivity contribution is 5.69. The molecule has 2 aliphatic rings. The van der Waals surface area contributed by atoms with Gasteiger partial charge in [-0.15, -0.1) is 0 Å². The molecule has 0 saturated carbocycles. The maximum Gasteiger partial charge on any atom is 0.410 e. The average Bonchev–Trinajstić information content (AvgIpc) is 2.69. The van der Waals surface area contributed by atoms with Gasteiger partial charge in [0.15, 0.2) is 0 Å². The maximum absolute atomic E-state index is 12.4. The predicted molar refractivity (Wildman–Crippen MR) is 89.7 cm³/mol. The van der Waals surface area contributed by atoms with Crippen molar-refractivity contribution in [2.75, 3.05) is 0 Å². The van der Waals surface area contributed by atoms with Crippen molar-refractivity contribution in [2.45, 2.75) is 77.2 Å². The second kappa shape index (κ2) is 6.06. The summed E-state index contributed by atoms with van der Waals surface area (Å²) >= 11 is 0. The fraction of sp³-hybridized carbons (Fsp3) is 0.632. The molecule has 4 heteroatoms. The fourth-order valence-electron chi connectivity index (χ4n) is 3.72. The zero-order valence-electron chi connectivity index (χ0n) is 14.5. The number of hydrogen-bond donors (Lipinski definition) is 0. The Bertz CT molecular complexity index is 564. The minimum atomic E-state index is -0.439. The van der Waals surface area contributed by atoms with E-state index in [4.69, 9.17) is 9.47 Å². The number of carbonyl (C=O) groups excluding carboxylic acids is 1. The molecule has 2 heterocycles. The van der Waals surface area contributed by atoms with Gasteiger partial charge in [0, 0.05) is 24.9 Å². The summed E-state index contributed by atoms with van der Waals surface area (Å²) in [6, 6.07) is 8.67. The van der Waals surface area contributed by atoms with Crippen molar-refractivity contribution in [1.82, 2.24) is 4.90 Å². The Morgan fingerprint density at radius 3 is 2.39 bits per heavy atom. The van der Waals surface area contributed by atoms with Crippen LogP contribution < -0.4 is 4.74 Å². The van der Waals surface area contributed by atoms with Gasteiger partial charge in [0.1, 0.15) is 17.5 Å². The van der Waals surface area contributed by atoms with E-state index in [1.54, 1.807) is 0 Å². The van der Waals surface area contributed by atoms with Crippen molar-refractivity contribution in [3.05, 3.63) is 29.8 Å². The number of ether oxygens (including phenoxy) is 2. The molecule has 1 aromatic rings. The van der Waals surface area contributed by atoms with Gasteiger partial charge in [-0.3, -0.25) is 0 Å². The summed E-state index contributed by atoms with van der Waals surface area (Å²) in [7, 11) is 0. The summed E-state index contributed by atoms with van der Waals surface area (Å²) in [5.74, 6) is 0.931. The van der Waals surface area contributed by atoms with Crippen molar-refractivity contribution in [3.8, 4) is 5.75 Å². The first-order valence-corrected chi connectivity index (χ1v) is 8.56. The van der Waals surface area contributed by atoms with Crippen LogP contribution in [0.1, 0.15) is 52.0 Å². The summed E-state index contributed by atoms with van der Waals surface area (Å²) in [4.78, 5) is 14.4. The SMILES string of the molecule is Cc1cccc(O[C@@H]2C[C@H]3CC[C@@H](C2)N3C(=O)OC(C)(C)C)c1. The lowest BCUT2D eigenvalue weighted by atomic mass is 10.00. The molecule has 4 nitrogen and oxygen atoms in total. The average molecular weight is 317 g/mol. The Hall–Kier alpha value is -1.71. The first-order valence-electron chi connectivity index (χ1n) is 8.56. The molecule has 1 aromatic carbocycles. The Labute approximate surface area is 138 Å². The third kappa shape index (κ3) is 3.80. The number of nitrogens with zero attached hydrogens (tertiary/aromatic N) is 1.